The van der Waals surface area contributed by atoms with Gasteiger partial charge in [-0.15, -0.1) is 35.8 Å². The van der Waals surface area contributed by atoms with Crippen molar-refractivity contribution >= 4 is 66.6 Å². The normalized spacial score (nSPS) is 26.2. The van der Waals surface area contributed by atoms with E-state index < -0.39 is 77.5 Å². The molecule has 0 amide bonds. The lowest BCUT2D eigenvalue weighted by Crippen LogP contribution is -2.58. The minimum absolute atomic E-state index is 0.0960. The standard InChI is InChI=1S/C52H57F5N12O7S2/c1-22(26-7-9-29(10-8-26)75-52(55,56)57)60-46-61-23(2)35(42(67-46)64-31-17-27(21-70)39(71)40(31)72)44-66-38-32(59-16-13-34(38)78-44)20-48(5,6)76-50(14-11-30-41(73)51(30,50)74)69-43-36(45-65-37-25(4)58-15-12-33(37)77-45)24(3)62-47(68-43)63-28-18-49(53,54)19-28/h7-10,12-13,15-16,22,27-28,30-31,39-41,70-74H,11,14,17-21H2,1-6H3,(H2,60,61,64,67)(H2,62,63,68,69). The Hall–Kier alpha value is -6.13. The van der Waals surface area contributed by atoms with E-state index in [1.807, 2.05) is 32.9 Å². The number of aliphatic hydroxyl groups excluding tert-OH is 4. The maximum atomic E-state index is 14.0. The first-order chi connectivity index (χ1) is 36.8. The molecule has 6 aromatic heterocycles. The first-order valence-corrected chi connectivity index (χ1v) is 27.1. The molecule has 0 saturated heterocycles. The highest BCUT2D eigenvalue weighted by Gasteiger charge is 2.80. The summed E-state index contributed by atoms with van der Waals surface area (Å²) in [6, 6.07) is 7.22. The number of thiazole rings is 2. The molecule has 0 aliphatic heterocycles. The monoisotopic (exact) mass is 1120 g/mol. The number of aromatic nitrogens is 8. The topological polar surface area (TPSA) is 271 Å². The lowest BCUT2D eigenvalue weighted by atomic mass is 9.88. The zero-order chi connectivity index (χ0) is 55.4. The molecule has 4 aliphatic rings. The largest absolute Gasteiger partial charge is 0.573 e. The molecule has 19 nitrogen and oxygen atoms in total. The van der Waals surface area contributed by atoms with Crippen LogP contribution in [0.4, 0.5) is 45.5 Å². The van der Waals surface area contributed by atoms with Gasteiger partial charge in [-0.1, -0.05) is 12.1 Å². The summed E-state index contributed by atoms with van der Waals surface area (Å²) in [5.74, 6) is -3.62. The van der Waals surface area contributed by atoms with Crippen LogP contribution in [0.25, 0.3) is 41.6 Å². The van der Waals surface area contributed by atoms with Gasteiger partial charge < -0.3 is 56.3 Å². The number of pyridine rings is 2. The van der Waals surface area contributed by atoms with Crippen LogP contribution >= 0.6 is 22.7 Å². The molecule has 414 valence electrons. The Kier molecular flexibility index (Phi) is 13.5. The molecule has 78 heavy (non-hydrogen) atoms. The zero-order valence-corrected chi connectivity index (χ0v) is 44.7. The third-order valence-corrected chi connectivity index (χ3v) is 17.4. The highest BCUT2D eigenvalue weighted by Crippen LogP contribution is 2.63. The van der Waals surface area contributed by atoms with Crippen molar-refractivity contribution in [2.75, 3.05) is 27.9 Å². The van der Waals surface area contributed by atoms with E-state index in [0.717, 1.165) is 9.40 Å². The molecule has 9 unspecified atom stereocenters. The van der Waals surface area contributed by atoms with Gasteiger partial charge in [0.1, 0.15) is 50.1 Å². The predicted molar refractivity (Wildman–Crippen MR) is 281 cm³/mol. The van der Waals surface area contributed by atoms with Gasteiger partial charge in [0.15, 0.2) is 5.72 Å². The van der Waals surface area contributed by atoms with E-state index in [1.165, 1.54) is 46.9 Å². The number of fused-ring (bicyclic) bond motifs is 3. The zero-order valence-electron chi connectivity index (χ0n) is 43.0. The highest BCUT2D eigenvalue weighted by atomic mass is 32.1. The van der Waals surface area contributed by atoms with Crippen molar-refractivity contribution in [2.45, 2.75) is 146 Å². The summed E-state index contributed by atoms with van der Waals surface area (Å²) in [6.07, 6.45) is -4.93. The summed E-state index contributed by atoms with van der Waals surface area (Å²) in [5.41, 5.74) is 0.365. The molecule has 9 atom stereocenters. The lowest BCUT2D eigenvalue weighted by Gasteiger charge is -2.43. The molecule has 4 fully saturated rings. The molecule has 7 aromatic rings. The van der Waals surface area contributed by atoms with Crippen LogP contribution in [0.3, 0.4) is 0 Å². The van der Waals surface area contributed by atoms with Crippen LogP contribution in [0.2, 0.25) is 0 Å². The SMILES string of the molecule is Cc1nc(NC2CC(F)(F)C2)nc(NC2(OC(C)(C)Cc3nccc4sc(-c5c(C)nc(NC(C)c6ccc(OC(F)(F)F)cc6)nc5NC5CC(CO)C(O)C5O)nc34)CCC3C(O)C32O)c1-c1nc2c(C)nccc2s1. The second-order valence-electron chi connectivity index (χ2n) is 21.5. The number of halogens is 5. The molecule has 0 spiro atoms. The number of benzene rings is 1. The van der Waals surface area contributed by atoms with Crippen LogP contribution in [0.15, 0.2) is 48.8 Å². The summed E-state index contributed by atoms with van der Waals surface area (Å²) < 4.78 is 79.5. The van der Waals surface area contributed by atoms with E-state index in [0.29, 0.717) is 66.9 Å². The third-order valence-electron chi connectivity index (χ3n) is 15.3. The van der Waals surface area contributed by atoms with Crippen molar-refractivity contribution < 1.29 is 57.0 Å². The van der Waals surface area contributed by atoms with Crippen LogP contribution in [-0.2, 0) is 11.2 Å². The van der Waals surface area contributed by atoms with Gasteiger partial charge in [0.05, 0.1) is 73.2 Å². The minimum atomic E-state index is -4.85. The van der Waals surface area contributed by atoms with Gasteiger partial charge in [-0.3, -0.25) is 9.97 Å². The highest BCUT2D eigenvalue weighted by molar-refractivity contribution is 7.22. The van der Waals surface area contributed by atoms with Gasteiger partial charge in [0.2, 0.25) is 11.9 Å². The summed E-state index contributed by atoms with van der Waals surface area (Å²) in [4.78, 5) is 38.5. The minimum Gasteiger partial charge on any atom is -0.406 e. The van der Waals surface area contributed by atoms with Gasteiger partial charge in [0, 0.05) is 56.1 Å². The smallest absolute Gasteiger partial charge is 0.406 e. The number of nitrogens with zero attached hydrogens (tertiary/aromatic N) is 8. The molecular formula is C52H57F5N12O7S2. The van der Waals surface area contributed by atoms with Crippen molar-refractivity contribution in [1.82, 2.24) is 39.9 Å². The van der Waals surface area contributed by atoms with Crippen molar-refractivity contribution in [1.29, 1.82) is 0 Å². The average molecular weight is 1120 g/mol. The number of anilines is 4. The van der Waals surface area contributed by atoms with Gasteiger partial charge in [0.25, 0.3) is 5.92 Å². The van der Waals surface area contributed by atoms with Gasteiger partial charge in [-0.05, 0) is 90.6 Å². The van der Waals surface area contributed by atoms with E-state index in [-0.39, 0.29) is 68.0 Å². The van der Waals surface area contributed by atoms with Crippen LogP contribution in [0.1, 0.15) is 87.3 Å². The van der Waals surface area contributed by atoms with Gasteiger partial charge in [-0.25, -0.2) is 28.7 Å². The molecular weight excluding hydrogens is 1060 g/mol. The second kappa shape index (κ2) is 19.6. The third kappa shape index (κ3) is 10.0. The number of hydrogen-bond donors (Lipinski definition) is 9. The van der Waals surface area contributed by atoms with E-state index in [9.17, 15) is 47.5 Å². The van der Waals surface area contributed by atoms with Crippen molar-refractivity contribution in [3.8, 4) is 26.9 Å². The molecule has 0 bridgehead atoms. The van der Waals surface area contributed by atoms with E-state index in [2.05, 4.69) is 31.0 Å². The number of aryl methyl sites for hydroxylation is 3. The first-order valence-electron chi connectivity index (χ1n) is 25.5. The number of alkyl halides is 5. The van der Waals surface area contributed by atoms with Crippen LogP contribution < -0.4 is 26.0 Å². The molecule has 4 saturated carbocycles. The molecule has 1 aromatic carbocycles. The van der Waals surface area contributed by atoms with Crippen molar-refractivity contribution in [3.63, 3.8) is 0 Å². The fourth-order valence-corrected chi connectivity index (χ4v) is 13.5. The number of ether oxygens (including phenoxy) is 2. The second-order valence-corrected chi connectivity index (χ2v) is 23.6. The average Bonchev–Trinajstić information content (AvgIpc) is 3.90. The Morgan fingerprint density at radius 3 is 2.03 bits per heavy atom. The Labute approximate surface area is 451 Å². The van der Waals surface area contributed by atoms with Gasteiger partial charge >= 0.3 is 6.36 Å². The fourth-order valence-electron chi connectivity index (χ4n) is 11.3. The van der Waals surface area contributed by atoms with Gasteiger partial charge in [-0.2, -0.15) is 9.97 Å². The fraction of sp³-hybridized carbons (Fsp3) is 0.500. The van der Waals surface area contributed by atoms with Crippen LogP contribution in [-0.4, -0.2) is 132 Å². The summed E-state index contributed by atoms with van der Waals surface area (Å²) in [5, 5.41) is 69.9. The molecule has 0 radical (unpaired) electrons. The predicted octanol–water partition coefficient (Wildman–Crippen LogP) is 7.99. The molecule has 6 heterocycles. The number of aliphatic hydroxyl groups is 5. The summed E-state index contributed by atoms with van der Waals surface area (Å²) in [7, 11) is 0. The lowest BCUT2D eigenvalue weighted by molar-refractivity contribution is -0.274. The Bertz CT molecular complexity index is 3420. The quantitative estimate of drug-likeness (QED) is 0.0309. The van der Waals surface area contributed by atoms with E-state index >= 15 is 0 Å². The summed E-state index contributed by atoms with van der Waals surface area (Å²) in [6.45, 7) is 10.5. The van der Waals surface area contributed by atoms with Crippen LogP contribution in [0.5, 0.6) is 5.75 Å². The first kappa shape index (κ1) is 53.9. The molecule has 11 rings (SSSR count). The number of hydrogen-bond acceptors (Lipinski definition) is 21. The Morgan fingerprint density at radius 1 is 0.782 bits per heavy atom. The van der Waals surface area contributed by atoms with E-state index in [4.69, 9.17) is 39.6 Å². The number of rotatable bonds is 17. The summed E-state index contributed by atoms with van der Waals surface area (Å²) >= 11 is 2.72. The van der Waals surface area contributed by atoms with Crippen LogP contribution in [0, 0.1) is 32.6 Å². The maximum absolute atomic E-state index is 14.0. The van der Waals surface area contributed by atoms with Crippen molar-refractivity contribution in [3.05, 3.63) is 77.1 Å². The van der Waals surface area contributed by atoms with Crippen molar-refractivity contribution in [2.24, 2.45) is 11.8 Å². The maximum Gasteiger partial charge on any atom is 0.573 e. The molecule has 4 aliphatic carbocycles. The molecule has 9 N–H and O–H groups in total. The Morgan fingerprint density at radius 2 is 1.41 bits per heavy atom. The molecule has 26 heteroatoms. The number of nitrogens with one attached hydrogen (secondary N) is 4. The van der Waals surface area contributed by atoms with E-state index in [1.54, 1.807) is 33.2 Å². The Balaban J connectivity index is 0.920.